The van der Waals surface area contributed by atoms with E-state index in [1.54, 1.807) is 6.92 Å². The number of aryl methyl sites for hydroxylation is 2. The molecule has 0 radical (unpaired) electrons. The minimum Gasteiger partial charge on any atom is -0.466 e. The first-order valence-electron chi connectivity index (χ1n) is 6.95. The van der Waals surface area contributed by atoms with Crippen molar-refractivity contribution in [1.82, 2.24) is 10.0 Å². The molecule has 0 amide bonds. The molecule has 5 nitrogen and oxygen atoms in total. The zero-order valence-corrected chi connectivity index (χ0v) is 14.0. The van der Waals surface area contributed by atoms with E-state index in [-0.39, 0.29) is 12.1 Å². The first-order valence-corrected chi connectivity index (χ1v) is 8.49. The summed E-state index contributed by atoms with van der Waals surface area (Å²) in [4.78, 5) is 0. The van der Waals surface area contributed by atoms with Crippen LogP contribution in [0.1, 0.15) is 50.8 Å². The quantitative estimate of drug-likeness (QED) is 0.810. The molecule has 2 N–H and O–H groups in total. The van der Waals surface area contributed by atoms with Crippen molar-refractivity contribution >= 4 is 10.0 Å². The molecule has 0 aromatic carbocycles. The van der Waals surface area contributed by atoms with Crippen LogP contribution < -0.4 is 10.0 Å². The van der Waals surface area contributed by atoms with E-state index in [9.17, 15) is 8.42 Å². The van der Waals surface area contributed by atoms with Gasteiger partial charge in [0.15, 0.2) is 0 Å². The van der Waals surface area contributed by atoms with Crippen LogP contribution in [0.25, 0.3) is 0 Å². The number of nitrogens with one attached hydrogen (secondary N) is 2. The lowest BCUT2D eigenvalue weighted by Crippen LogP contribution is -2.41. The molecule has 0 saturated heterocycles. The van der Waals surface area contributed by atoms with Gasteiger partial charge in [-0.3, -0.25) is 0 Å². The second-order valence-electron chi connectivity index (χ2n) is 5.63. The Morgan fingerprint density at radius 3 is 2.25 bits per heavy atom. The molecule has 0 fully saturated rings. The van der Waals surface area contributed by atoms with Crippen molar-refractivity contribution in [3.05, 3.63) is 23.2 Å². The second-order valence-corrected chi connectivity index (χ2v) is 7.76. The summed E-state index contributed by atoms with van der Waals surface area (Å²) >= 11 is 0. The maximum absolute atomic E-state index is 12.3. The number of hydrogen-bond donors (Lipinski definition) is 2. The lowest BCUT2D eigenvalue weighted by atomic mass is 10.1. The SMILES string of the molecule is Cc1cc(C(C)NS(=O)(=O)C(C)CNC(C)C)c(C)o1. The Bertz CT molecular complexity index is 535. The van der Waals surface area contributed by atoms with Gasteiger partial charge in [0.25, 0.3) is 0 Å². The Balaban J connectivity index is 2.73. The Morgan fingerprint density at radius 1 is 1.20 bits per heavy atom. The van der Waals surface area contributed by atoms with E-state index in [1.807, 2.05) is 40.7 Å². The molecular formula is C14H26N2O3S. The molecule has 0 bridgehead atoms. The van der Waals surface area contributed by atoms with Gasteiger partial charge in [-0.1, -0.05) is 13.8 Å². The van der Waals surface area contributed by atoms with E-state index in [0.717, 1.165) is 17.1 Å². The van der Waals surface area contributed by atoms with Crippen molar-refractivity contribution in [1.29, 1.82) is 0 Å². The largest absolute Gasteiger partial charge is 0.466 e. The molecular weight excluding hydrogens is 276 g/mol. The van der Waals surface area contributed by atoms with Gasteiger partial charge in [-0.25, -0.2) is 13.1 Å². The summed E-state index contributed by atoms with van der Waals surface area (Å²) in [6, 6.07) is 1.85. The molecule has 20 heavy (non-hydrogen) atoms. The zero-order chi connectivity index (χ0) is 15.5. The van der Waals surface area contributed by atoms with Crippen LogP contribution in [0.4, 0.5) is 0 Å². The highest BCUT2D eigenvalue weighted by Crippen LogP contribution is 2.22. The van der Waals surface area contributed by atoms with E-state index in [4.69, 9.17) is 4.42 Å². The smallest absolute Gasteiger partial charge is 0.216 e. The van der Waals surface area contributed by atoms with Crippen molar-refractivity contribution in [2.45, 2.75) is 58.9 Å². The van der Waals surface area contributed by atoms with Gasteiger partial charge in [0.1, 0.15) is 11.5 Å². The van der Waals surface area contributed by atoms with Crippen LogP contribution in [-0.4, -0.2) is 26.3 Å². The maximum Gasteiger partial charge on any atom is 0.216 e. The van der Waals surface area contributed by atoms with Gasteiger partial charge < -0.3 is 9.73 Å². The first kappa shape index (κ1) is 17.2. The maximum atomic E-state index is 12.3. The highest BCUT2D eigenvalue weighted by molar-refractivity contribution is 7.90. The molecule has 0 aliphatic carbocycles. The Labute approximate surface area is 122 Å². The minimum atomic E-state index is -3.37. The lowest BCUT2D eigenvalue weighted by molar-refractivity contribution is 0.495. The molecule has 6 heteroatoms. The molecule has 1 aromatic heterocycles. The molecule has 1 aromatic rings. The number of hydrogen-bond acceptors (Lipinski definition) is 4. The van der Waals surface area contributed by atoms with Crippen LogP contribution in [0.5, 0.6) is 0 Å². The third-order valence-electron chi connectivity index (χ3n) is 3.23. The third kappa shape index (κ3) is 4.61. The summed E-state index contributed by atoms with van der Waals surface area (Å²) in [5, 5.41) is 2.66. The van der Waals surface area contributed by atoms with E-state index in [2.05, 4.69) is 10.0 Å². The van der Waals surface area contributed by atoms with Crippen LogP contribution >= 0.6 is 0 Å². The Kier molecular flexibility index (Phi) is 5.79. The van der Waals surface area contributed by atoms with Crippen LogP contribution in [0, 0.1) is 13.8 Å². The van der Waals surface area contributed by atoms with Gasteiger partial charge in [-0.15, -0.1) is 0 Å². The molecule has 1 rings (SSSR count). The van der Waals surface area contributed by atoms with Crippen molar-refractivity contribution in [2.24, 2.45) is 0 Å². The second kappa shape index (κ2) is 6.74. The van der Waals surface area contributed by atoms with Crippen LogP contribution in [-0.2, 0) is 10.0 Å². The van der Waals surface area contributed by atoms with E-state index >= 15 is 0 Å². The minimum absolute atomic E-state index is 0.267. The van der Waals surface area contributed by atoms with Gasteiger partial charge in [0, 0.05) is 24.2 Å². The molecule has 0 aliphatic rings. The molecule has 2 atom stereocenters. The molecule has 116 valence electrons. The molecule has 0 saturated carbocycles. The van der Waals surface area contributed by atoms with Crippen LogP contribution in [0.2, 0.25) is 0 Å². The normalized spacial score (nSPS) is 15.6. The van der Waals surface area contributed by atoms with Crippen molar-refractivity contribution in [3.63, 3.8) is 0 Å². The van der Waals surface area contributed by atoms with Gasteiger partial charge in [-0.05, 0) is 33.8 Å². The highest BCUT2D eigenvalue weighted by Gasteiger charge is 2.24. The van der Waals surface area contributed by atoms with Gasteiger partial charge in [-0.2, -0.15) is 0 Å². The Hall–Kier alpha value is -0.850. The van der Waals surface area contributed by atoms with Crippen molar-refractivity contribution in [3.8, 4) is 0 Å². The first-order chi connectivity index (χ1) is 9.13. The molecule has 1 heterocycles. The predicted octanol–water partition coefficient (Wildman–Crippen LogP) is 2.26. The fourth-order valence-corrected chi connectivity index (χ4v) is 3.19. The van der Waals surface area contributed by atoms with Crippen molar-refractivity contribution in [2.75, 3.05) is 6.54 Å². The lowest BCUT2D eigenvalue weighted by Gasteiger charge is -2.19. The van der Waals surface area contributed by atoms with Gasteiger partial charge in [0.2, 0.25) is 10.0 Å². The zero-order valence-electron chi connectivity index (χ0n) is 13.1. The van der Waals surface area contributed by atoms with Gasteiger partial charge >= 0.3 is 0 Å². The molecule has 0 aliphatic heterocycles. The van der Waals surface area contributed by atoms with E-state index in [0.29, 0.717) is 6.54 Å². The predicted molar refractivity (Wildman–Crippen MR) is 81.3 cm³/mol. The number of rotatable bonds is 7. The van der Waals surface area contributed by atoms with Gasteiger partial charge in [0.05, 0.1) is 5.25 Å². The summed E-state index contributed by atoms with van der Waals surface area (Å²) in [5.74, 6) is 1.55. The fourth-order valence-electron chi connectivity index (χ4n) is 2.02. The molecule has 0 spiro atoms. The summed E-state index contributed by atoms with van der Waals surface area (Å²) in [6.45, 7) is 11.7. The number of sulfonamides is 1. The standard InChI is InChI=1S/C14H26N2O3S/c1-9(2)15-8-11(4)20(17,18)16-12(5)14-7-10(3)19-13(14)6/h7,9,11-12,15-16H,8H2,1-6H3. The Morgan fingerprint density at radius 2 is 1.80 bits per heavy atom. The fraction of sp³-hybridized carbons (Fsp3) is 0.714. The van der Waals surface area contributed by atoms with Crippen molar-refractivity contribution < 1.29 is 12.8 Å². The summed E-state index contributed by atoms with van der Waals surface area (Å²) in [7, 11) is -3.37. The average molecular weight is 302 g/mol. The summed E-state index contributed by atoms with van der Waals surface area (Å²) < 4.78 is 32.7. The topological polar surface area (TPSA) is 71.3 Å². The van der Waals surface area contributed by atoms with Crippen LogP contribution in [0.15, 0.2) is 10.5 Å². The monoisotopic (exact) mass is 302 g/mol. The third-order valence-corrected chi connectivity index (χ3v) is 5.14. The number of furan rings is 1. The van der Waals surface area contributed by atoms with Crippen LogP contribution in [0.3, 0.4) is 0 Å². The van der Waals surface area contributed by atoms with E-state index < -0.39 is 15.3 Å². The van der Waals surface area contributed by atoms with E-state index in [1.165, 1.54) is 0 Å². The average Bonchev–Trinajstić information content (AvgIpc) is 2.64. The summed E-state index contributed by atoms with van der Waals surface area (Å²) in [6.07, 6.45) is 0. The highest BCUT2D eigenvalue weighted by atomic mass is 32.2. The summed E-state index contributed by atoms with van der Waals surface area (Å²) in [5.41, 5.74) is 0.884. The molecule has 2 unspecified atom stereocenters.